The summed E-state index contributed by atoms with van der Waals surface area (Å²) in [6, 6.07) is 7.24. The highest BCUT2D eigenvalue weighted by Crippen LogP contribution is 2.20. The van der Waals surface area contributed by atoms with Crippen LogP contribution in [-0.4, -0.2) is 26.2 Å². The first-order chi connectivity index (χ1) is 8.95. The zero-order valence-corrected chi connectivity index (χ0v) is 13.5. The van der Waals surface area contributed by atoms with Gasteiger partial charge in [0.05, 0.1) is 0 Å². The quantitative estimate of drug-likeness (QED) is 0.805. The van der Waals surface area contributed by atoms with Crippen molar-refractivity contribution >= 4 is 5.69 Å². The number of nitrogens with zero attached hydrogens (tertiary/aromatic N) is 1. The maximum absolute atomic E-state index is 3.66. The van der Waals surface area contributed by atoms with Gasteiger partial charge in [0.2, 0.25) is 0 Å². The van der Waals surface area contributed by atoms with Gasteiger partial charge in [-0.25, -0.2) is 0 Å². The summed E-state index contributed by atoms with van der Waals surface area (Å²) in [6.07, 6.45) is 1.19. The van der Waals surface area contributed by atoms with E-state index in [0.29, 0.717) is 12.0 Å². The van der Waals surface area contributed by atoms with Crippen molar-refractivity contribution in [3.63, 3.8) is 0 Å². The van der Waals surface area contributed by atoms with Crippen molar-refractivity contribution in [2.24, 2.45) is 5.92 Å². The van der Waals surface area contributed by atoms with Crippen LogP contribution in [-0.2, 0) is 0 Å². The highest BCUT2D eigenvalue weighted by molar-refractivity contribution is 5.53. The van der Waals surface area contributed by atoms with Crippen LogP contribution in [0.2, 0.25) is 0 Å². The molecule has 108 valence electrons. The van der Waals surface area contributed by atoms with Crippen LogP contribution in [0.3, 0.4) is 0 Å². The van der Waals surface area contributed by atoms with E-state index >= 15 is 0 Å². The van der Waals surface area contributed by atoms with Gasteiger partial charge in [0.1, 0.15) is 0 Å². The number of rotatable bonds is 7. The third kappa shape index (κ3) is 4.87. The van der Waals surface area contributed by atoms with Crippen molar-refractivity contribution < 1.29 is 0 Å². The summed E-state index contributed by atoms with van der Waals surface area (Å²) in [6.45, 7) is 13.3. The number of hydrogen-bond acceptors (Lipinski definition) is 2. The van der Waals surface area contributed by atoms with Gasteiger partial charge in [0, 0.05) is 25.3 Å². The molecule has 0 aliphatic rings. The van der Waals surface area contributed by atoms with Crippen LogP contribution < -0.4 is 10.2 Å². The van der Waals surface area contributed by atoms with Crippen LogP contribution in [0.15, 0.2) is 18.2 Å². The summed E-state index contributed by atoms with van der Waals surface area (Å²) < 4.78 is 0. The first kappa shape index (κ1) is 16.0. The largest absolute Gasteiger partial charge is 0.373 e. The molecular weight excluding hydrogens is 232 g/mol. The lowest BCUT2D eigenvalue weighted by Crippen LogP contribution is -2.43. The minimum Gasteiger partial charge on any atom is -0.373 e. The van der Waals surface area contributed by atoms with E-state index in [1.807, 2.05) is 0 Å². The van der Waals surface area contributed by atoms with Gasteiger partial charge in [0.25, 0.3) is 0 Å². The highest BCUT2D eigenvalue weighted by atomic mass is 15.1. The number of aryl methyl sites for hydroxylation is 2. The second-order valence-electron chi connectivity index (χ2n) is 5.98. The van der Waals surface area contributed by atoms with E-state index < -0.39 is 0 Å². The summed E-state index contributed by atoms with van der Waals surface area (Å²) in [5.41, 5.74) is 4.04. The first-order valence-electron chi connectivity index (χ1n) is 7.47. The molecule has 1 aromatic rings. The molecule has 0 radical (unpaired) electrons. The fourth-order valence-corrected chi connectivity index (χ4v) is 2.47. The van der Waals surface area contributed by atoms with Crippen LogP contribution in [0.5, 0.6) is 0 Å². The van der Waals surface area contributed by atoms with Crippen LogP contribution in [0, 0.1) is 19.8 Å². The third-order valence-electron chi connectivity index (χ3n) is 3.70. The molecule has 0 spiro atoms. The predicted molar refractivity (Wildman–Crippen MR) is 86.1 cm³/mol. The van der Waals surface area contributed by atoms with E-state index in [1.54, 1.807) is 0 Å². The van der Waals surface area contributed by atoms with Crippen molar-refractivity contribution in [2.45, 2.75) is 47.1 Å². The van der Waals surface area contributed by atoms with Crippen LogP contribution in [0.25, 0.3) is 0 Å². The van der Waals surface area contributed by atoms with Gasteiger partial charge in [-0.1, -0.05) is 38.5 Å². The van der Waals surface area contributed by atoms with Gasteiger partial charge in [0.15, 0.2) is 0 Å². The Balaban J connectivity index is 2.72. The van der Waals surface area contributed by atoms with E-state index in [2.05, 4.69) is 70.1 Å². The molecule has 2 nitrogen and oxygen atoms in total. The fraction of sp³-hybridized carbons (Fsp3) is 0.647. The maximum atomic E-state index is 3.66. The summed E-state index contributed by atoms with van der Waals surface area (Å²) in [4.78, 5) is 2.38. The van der Waals surface area contributed by atoms with E-state index in [-0.39, 0.29) is 0 Å². The molecule has 0 bridgehead atoms. The Kier molecular flexibility index (Phi) is 6.36. The van der Waals surface area contributed by atoms with Gasteiger partial charge in [-0.3, -0.25) is 0 Å². The Hall–Kier alpha value is -1.02. The second kappa shape index (κ2) is 7.54. The normalized spacial score (nSPS) is 12.8. The smallest absolute Gasteiger partial charge is 0.0394 e. The molecule has 1 N–H and O–H groups in total. The monoisotopic (exact) mass is 262 g/mol. The Bertz CT molecular complexity index is 385. The van der Waals surface area contributed by atoms with Crippen molar-refractivity contribution in [1.82, 2.24) is 5.32 Å². The number of nitrogens with one attached hydrogen (secondary N) is 1. The summed E-state index contributed by atoms with van der Waals surface area (Å²) in [5.74, 6) is 0.653. The van der Waals surface area contributed by atoms with E-state index in [4.69, 9.17) is 0 Å². The Labute approximate surface area is 119 Å². The molecule has 0 aliphatic heterocycles. The fourth-order valence-electron chi connectivity index (χ4n) is 2.47. The lowest BCUT2D eigenvalue weighted by molar-refractivity contribution is 0.402. The minimum absolute atomic E-state index is 0.547. The Morgan fingerprint density at radius 2 is 1.89 bits per heavy atom. The summed E-state index contributed by atoms with van der Waals surface area (Å²) in [7, 11) is 2.20. The topological polar surface area (TPSA) is 15.3 Å². The van der Waals surface area contributed by atoms with Gasteiger partial charge in [-0.05, 0) is 44.4 Å². The molecular formula is C17H30N2. The molecule has 1 atom stereocenters. The average molecular weight is 262 g/mol. The van der Waals surface area contributed by atoms with E-state index in [1.165, 1.54) is 23.2 Å². The molecule has 0 aliphatic carbocycles. The molecule has 0 saturated heterocycles. The molecule has 1 rings (SSSR count). The van der Waals surface area contributed by atoms with E-state index in [0.717, 1.165) is 13.1 Å². The number of likely N-dealkylation sites (N-methyl/N-ethyl adjacent to an activating group) is 1. The predicted octanol–water partition coefficient (Wildman–Crippen LogP) is 3.76. The van der Waals surface area contributed by atoms with Gasteiger partial charge in [-0.15, -0.1) is 0 Å². The van der Waals surface area contributed by atoms with Crippen LogP contribution >= 0.6 is 0 Å². The molecule has 2 heteroatoms. The van der Waals surface area contributed by atoms with E-state index in [9.17, 15) is 0 Å². The van der Waals surface area contributed by atoms with Crippen molar-refractivity contribution in [3.05, 3.63) is 29.3 Å². The molecule has 0 aromatic heterocycles. The molecule has 0 heterocycles. The maximum Gasteiger partial charge on any atom is 0.0394 e. The number of benzene rings is 1. The lowest BCUT2D eigenvalue weighted by Gasteiger charge is -2.30. The zero-order chi connectivity index (χ0) is 14.4. The van der Waals surface area contributed by atoms with Gasteiger partial charge < -0.3 is 10.2 Å². The number of anilines is 1. The highest BCUT2D eigenvalue weighted by Gasteiger charge is 2.15. The molecule has 1 unspecified atom stereocenters. The molecule has 0 saturated carbocycles. The average Bonchev–Trinajstić information content (AvgIpc) is 2.33. The number of hydrogen-bond donors (Lipinski definition) is 1. The van der Waals surface area contributed by atoms with Crippen LogP contribution in [0.4, 0.5) is 5.69 Å². The standard InChI is InChI=1S/C17H30N2/c1-7-10-18-16(13(2)3)12-19(6)17-9-8-14(4)11-15(17)5/h8-9,11,13,16,18H,7,10,12H2,1-6H3. The lowest BCUT2D eigenvalue weighted by atomic mass is 10.0. The summed E-state index contributed by atoms with van der Waals surface area (Å²) >= 11 is 0. The van der Waals surface area contributed by atoms with Crippen LogP contribution in [0.1, 0.15) is 38.3 Å². The molecule has 0 fully saturated rings. The zero-order valence-electron chi connectivity index (χ0n) is 13.5. The molecule has 1 aromatic carbocycles. The molecule has 0 amide bonds. The Morgan fingerprint density at radius 3 is 2.42 bits per heavy atom. The van der Waals surface area contributed by atoms with Crippen molar-refractivity contribution in [2.75, 3.05) is 25.0 Å². The first-order valence-corrected chi connectivity index (χ1v) is 7.47. The SMILES string of the molecule is CCCNC(CN(C)c1ccc(C)cc1C)C(C)C. The van der Waals surface area contributed by atoms with Crippen molar-refractivity contribution in [1.29, 1.82) is 0 Å². The minimum atomic E-state index is 0.547. The van der Waals surface area contributed by atoms with Gasteiger partial charge >= 0.3 is 0 Å². The second-order valence-corrected chi connectivity index (χ2v) is 5.98. The third-order valence-corrected chi connectivity index (χ3v) is 3.70. The summed E-state index contributed by atoms with van der Waals surface area (Å²) in [5, 5.41) is 3.66. The Morgan fingerprint density at radius 1 is 1.21 bits per heavy atom. The molecule has 19 heavy (non-hydrogen) atoms. The van der Waals surface area contributed by atoms with Gasteiger partial charge in [-0.2, -0.15) is 0 Å². The van der Waals surface area contributed by atoms with Crippen molar-refractivity contribution in [3.8, 4) is 0 Å².